The van der Waals surface area contributed by atoms with Crippen LogP contribution in [0.15, 0.2) is 18.2 Å². The van der Waals surface area contributed by atoms with Crippen LogP contribution in [-0.4, -0.2) is 36.3 Å². The van der Waals surface area contributed by atoms with Crippen LogP contribution in [0.3, 0.4) is 0 Å². The van der Waals surface area contributed by atoms with E-state index in [0.717, 1.165) is 50.1 Å². The zero-order chi connectivity index (χ0) is 15.0. The second-order valence-electron chi connectivity index (χ2n) is 6.24. The third-order valence-corrected chi connectivity index (χ3v) is 4.68. The molecule has 2 amide bonds. The van der Waals surface area contributed by atoms with Gasteiger partial charge in [0.2, 0.25) is 5.91 Å². The molecule has 3 rings (SSSR count). The highest BCUT2D eigenvalue weighted by Gasteiger charge is 2.26. The van der Waals surface area contributed by atoms with E-state index in [1.165, 1.54) is 0 Å². The molecule has 4 nitrogen and oxygen atoms in total. The molecule has 21 heavy (non-hydrogen) atoms. The molecule has 2 aliphatic rings. The third kappa shape index (κ3) is 2.67. The Morgan fingerprint density at radius 2 is 1.86 bits per heavy atom. The number of nitrogens with zero attached hydrogens (tertiary/aromatic N) is 2. The van der Waals surface area contributed by atoms with Crippen molar-refractivity contribution >= 4 is 17.5 Å². The van der Waals surface area contributed by atoms with E-state index >= 15 is 0 Å². The zero-order valence-electron chi connectivity index (χ0n) is 12.8. The molecule has 0 radical (unpaired) electrons. The van der Waals surface area contributed by atoms with Crippen LogP contribution in [0.2, 0.25) is 0 Å². The molecule has 1 aromatic carbocycles. The maximum Gasteiger partial charge on any atom is 0.253 e. The highest BCUT2D eigenvalue weighted by atomic mass is 16.2. The number of hydrogen-bond donors (Lipinski definition) is 0. The Morgan fingerprint density at radius 1 is 1.14 bits per heavy atom. The topological polar surface area (TPSA) is 40.6 Å². The van der Waals surface area contributed by atoms with Gasteiger partial charge in [0, 0.05) is 37.8 Å². The summed E-state index contributed by atoms with van der Waals surface area (Å²) in [6.07, 6.45) is 3.04. The van der Waals surface area contributed by atoms with Crippen molar-refractivity contribution in [2.45, 2.75) is 33.1 Å². The predicted octanol–water partition coefficient (Wildman–Crippen LogP) is 2.47. The van der Waals surface area contributed by atoms with E-state index in [1.54, 1.807) is 11.8 Å². The highest BCUT2D eigenvalue weighted by molar-refractivity contribution is 5.99. The van der Waals surface area contributed by atoms with E-state index in [1.807, 2.05) is 23.1 Å². The van der Waals surface area contributed by atoms with Crippen LogP contribution in [-0.2, 0) is 11.2 Å². The summed E-state index contributed by atoms with van der Waals surface area (Å²) in [4.78, 5) is 28.0. The molecule has 0 saturated carbocycles. The van der Waals surface area contributed by atoms with E-state index in [4.69, 9.17) is 0 Å². The number of carbonyl (C=O) groups excluding carboxylic acids is 2. The number of carbonyl (C=O) groups is 2. The molecule has 1 aromatic rings. The van der Waals surface area contributed by atoms with E-state index in [-0.39, 0.29) is 11.8 Å². The summed E-state index contributed by atoms with van der Waals surface area (Å²) >= 11 is 0. The average Bonchev–Trinajstić information content (AvgIpc) is 2.90. The smallest absolute Gasteiger partial charge is 0.253 e. The van der Waals surface area contributed by atoms with Gasteiger partial charge >= 0.3 is 0 Å². The fourth-order valence-corrected chi connectivity index (χ4v) is 3.23. The molecule has 0 spiro atoms. The maximum absolute atomic E-state index is 12.6. The molecule has 2 heterocycles. The van der Waals surface area contributed by atoms with Crippen molar-refractivity contribution < 1.29 is 9.59 Å². The molecular weight excluding hydrogens is 264 g/mol. The number of amides is 2. The fourth-order valence-electron chi connectivity index (χ4n) is 3.23. The lowest BCUT2D eigenvalue weighted by Crippen LogP contribution is -2.38. The first kappa shape index (κ1) is 14.1. The summed E-state index contributed by atoms with van der Waals surface area (Å²) < 4.78 is 0. The molecule has 4 heteroatoms. The molecule has 2 aliphatic heterocycles. The van der Waals surface area contributed by atoms with Gasteiger partial charge in [0.05, 0.1) is 0 Å². The second kappa shape index (κ2) is 5.51. The van der Waals surface area contributed by atoms with Gasteiger partial charge in [0.1, 0.15) is 0 Å². The van der Waals surface area contributed by atoms with Crippen LogP contribution in [0.5, 0.6) is 0 Å². The molecular formula is C17H22N2O2. The van der Waals surface area contributed by atoms with Gasteiger partial charge < -0.3 is 9.80 Å². The number of piperidine rings is 1. The van der Waals surface area contributed by atoms with Crippen LogP contribution in [0.4, 0.5) is 5.69 Å². The van der Waals surface area contributed by atoms with Crippen molar-refractivity contribution in [3.05, 3.63) is 29.3 Å². The van der Waals surface area contributed by atoms with Crippen LogP contribution in [0, 0.1) is 5.92 Å². The number of rotatable bonds is 1. The molecule has 0 N–H and O–H groups in total. The van der Waals surface area contributed by atoms with Crippen LogP contribution >= 0.6 is 0 Å². The lowest BCUT2D eigenvalue weighted by atomic mass is 9.98. The Morgan fingerprint density at radius 3 is 2.52 bits per heavy atom. The number of benzene rings is 1. The Bertz CT molecular complexity index is 574. The standard InChI is InChI=1S/C17H22N2O2/c1-12-5-8-18(9-6-12)17(21)15-4-3-14-7-10-19(13(2)20)16(14)11-15/h3-4,11-12H,5-10H2,1-2H3. The monoisotopic (exact) mass is 286 g/mol. The first-order valence-electron chi connectivity index (χ1n) is 7.76. The van der Waals surface area contributed by atoms with Crippen molar-refractivity contribution in [3.8, 4) is 0 Å². The zero-order valence-corrected chi connectivity index (χ0v) is 12.8. The first-order chi connectivity index (χ1) is 10.1. The Balaban J connectivity index is 1.82. The van der Waals surface area contributed by atoms with Gasteiger partial charge in [-0.15, -0.1) is 0 Å². The molecule has 0 aliphatic carbocycles. The minimum atomic E-state index is 0.0464. The number of likely N-dealkylation sites (tertiary alicyclic amines) is 1. The summed E-state index contributed by atoms with van der Waals surface area (Å²) in [7, 11) is 0. The minimum absolute atomic E-state index is 0.0464. The highest BCUT2D eigenvalue weighted by Crippen LogP contribution is 2.30. The largest absolute Gasteiger partial charge is 0.339 e. The molecule has 1 fully saturated rings. The quantitative estimate of drug-likeness (QED) is 0.795. The SMILES string of the molecule is CC(=O)N1CCc2ccc(C(=O)N3CCC(C)CC3)cc21. The minimum Gasteiger partial charge on any atom is -0.339 e. The number of hydrogen-bond acceptors (Lipinski definition) is 2. The average molecular weight is 286 g/mol. The van der Waals surface area contributed by atoms with Crippen LogP contribution < -0.4 is 4.90 Å². The van der Waals surface area contributed by atoms with E-state index in [2.05, 4.69) is 6.92 Å². The molecule has 112 valence electrons. The normalized spacial score (nSPS) is 18.8. The lowest BCUT2D eigenvalue weighted by molar-refractivity contribution is -0.116. The third-order valence-electron chi connectivity index (χ3n) is 4.68. The number of anilines is 1. The van der Waals surface area contributed by atoms with Crippen molar-refractivity contribution in [2.75, 3.05) is 24.5 Å². The summed E-state index contributed by atoms with van der Waals surface area (Å²) in [6, 6.07) is 5.80. The van der Waals surface area contributed by atoms with Gasteiger partial charge in [0.15, 0.2) is 0 Å². The predicted molar refractivity (Wildman–Crippen MR) is 82.5 cm³/mol. The van der Waals surface area contributed by atoms with Gasteiger partial charge in [-0.1, -0.05) is 13.0 Å². The molecule has 0 unspecified atom stereocenters. The Labute approximate surface area is 125 Å². The Kier molecular flexibility index (Phi) is 3.70. The van der Waals surface area contributed by atoms with E-state index in [0.29, 0.717) is 11.5 Å². The van der Waals surface area contributed by atoms with Gasteiger partial charge in [-0.3, -0.25) is 9.59 Å². The second-order valence-corrected chi connectivity index (χ2v) is 6.24. The molecule has 0 bridgehead atoms. The summed E-state index contributed by atoms with van der Waals surface area (Å²) in [5, 5.41) is 0. The van der Waals surface area contributed by atoms with Crippen LogP contribution in [0.25, 0.3) is 0 Å². The van der Waals surface area contributed by atoms with Crippen molar-refractivity contribution in [2.24, 2.45) is 5.92 Å². The van der Waals surface area contributed by atoms with Gasteiger partial charge in [-0.2, -0.15) is 0 Å². The van der Waals surface area contributed by atoms with Gasteiger partial charge in [-0.25, -0.2) is 0 Å². The fraction of sp³-hybridized carbons (Fsp3) is 0.529. The molecule has 0 aromatic heterocycles. The van der Waals surface area contributed by atoms with E-state index in [9.17, 15) is 9.59 Å². The van der Waals surface area contributed by atoms with Gasteiger partial charge in [0.25, 0.3) is 5.91 Å². The lowest BCUT2D eigenvalue weighted by Gasteiger charge is -2.30. The summed E-state index contributed by atoms with van der Waals surface area (Å²) in [5.74, 6) is 0.854. The van der Waals surface area contributed by atoms with Crippen molar-refractivity contribution in [3.63, 3.8) is 0 Å². The van der Waals surface area contributed by atoms with E-state index < -0.39 is 0 Å². The van der Waals surface area contributed by atoms with Crippen molar-refractivity contribution in [1.29, 1.82) is 0 Å². The summed E-state index contributed by atoms with van der Waals surface area (Å²) in [5.41, 5.74) is 2.78. The summed E-state index contributed by atoms with van der Waals surface area (Å²) in [6.45, 7) is 6.22. The van der Waals surface area contributed by atoms with Crippen LogP contribution in [0.1, 0.15) is 42.6 Å². The first-order valence-corrected chi connectivity index (χ1v) is 7.76. The molecule has 0 atom stereocenters. The maximum atomic E-state index is 12.6. The van der Waals surface area contributed by atoms with Gasteiger partial charge in [-0.05, 0) is 42.9 Å². The Hall–Kier alpha value is -1.84. The number of fused-ring (bicyclic) bond motifs is 1. The van der Waals surface area contributed by atoms with Crippen molar-refractivity contribution in [1.82, 2.24) is 4.90 Å². The molecule has 1 saturated heterocycles.